The molecule has 2 rings (SSSR count). The van der Waals surface area contributed by atoms with E-state index in [1.807, 2.05) is 4.90 Å². The Bertz CT molecular complexity index is 446. The fourth-order valence-corrected chi connectivity index (χ4v) is 3.68. The van der Waals surface area contributed by atoms with Crippen LogP contribution in [0.1, 0.15) is 12.8 Å². The molecule has 0 aromatic carbocycles. The van der Waals surface area contributed by atoms with Gasteiger partial charge in [-0.1, -0.05) is 0 Å². The minimum Gasteiger partial charge on any atom is -0.395 e. The van der Waals surface area contributed by atoms with E-state index in [0.29, 0.717) is 32.7 Å². The van der Waals surface area contributed by atoms with E-state index >= 15 is 0 Å². The van der Waals surface area contributed by atoms with E-state index < -0.39 is 10.0 Å². The lowest BCUT2D eigenvalue weighted by molar-refractivity contribution is -0.134. The summed E-state index contributed by atoms with van der Waals surface area (Å²) in [6.45, 7) is 2.90. The molecule has 2 aliphatic heterocycles. The minimum atomic E-state index is -3.16. The van der Waals surface area contributed by atoms with Gasteiger partial charge in [-0.2, -0.15) is 4.31 Å². The van der Waals surface area contributed by atoms with Gasteiger partial charge in [-0.05, 0) is 19.4 Å². The lowest BCUT2D eigenvalue weighted by Gasteiger charge is -2.34. The van der Waals surface area contributed by atoms with Crippen LogP contribution >= 0.6 is 0 Å². The predicted molar refractivity (Wildman–Crippen MR) is 74.7 cm³/mol. The van der Waals surface area contributed by atoms with E-state index in [2.05, 4.69) is 0 Å². The van der Waals surface area contributed by atoms with Gasteiger partial charge in [-0.15, -0.1) is 0 Å². The molecular weight excluding hydrogens is 282 g/mol. The number of rotatable bonds is 4. The summed E-state index contributed by atoms with van der Waals surface area (Å²) in [6, 6.07) is 0.0938. The minimum absolute atomic E-state index is 0.0264. The van der Waals surface area contributed by atoms with Crippen molar-refractivity contribution in [3.8, 4) is 0 Å². The molecule has 1 atom stereocenters. The number of sulfonamides is 1. The van der Waals surface area contributed by atoms with Crippen LogP contribution in [0.25, 0.3) is 0 Å². The van der Waals surface area contributed by atoms with Crippen molar-refractivity contribution in [3.63, 3.8) is 0 Å². The molecule has 0 spiro atoms. The molecule has 1 N–H and O–H groups in total. The molecule has 0 aromatic rings. The second kappa shape index (κ2) is 6.38. The number of piperazine rings is 1. The van der Waals surface area contributed by atoms with Gasteiger partial charge in [0.15, 0.2) is 0 Å². The molecule has 1 amide bonds. The van der Waals surface area contributed by atoms with E-state index in [9.17, 15) is 18.3 Å². The molecule has 20 heavy (non-hydrogen) atoms. The van der Waals surface area contributed by atoms with Crippen LogP contribution in [-0.2, 0) is 14.8 Å². The first-order valence-electron chi connectivity index (χ1n) is 6.99. The van der Waals surface area contributed by atoms with Crippen molar-refractivity contribution in [1.29, 1.82) is 0 Å². The number of hydrogen-bond acceptors (Lipinski definition) is 5. The number of nitrogens with zero attached hydrogens (tertiary/aromatic N) is 3. The average molecular weight is 305 g/mol. The molecule has 2 saturated heterocycles. The molecule has 2 fully saturated rings. The zero-order chi connectivity index (χ0) is 14.8. The normalized spacial score (nSPS) is 26.1. The molecule has 8 heteroatoms. The van der Waals surface area contributed by atoms with E-state index in [-0.39, 0.29) is 18.6 Å². The highest BCUT2D eigenvalue weighted by Crippen LogP contribution is 2.16. The molecule has 7 nitrogen and oxygen atoms in total. The second-order valence-electron chi connectivity index (χ2n) is 5.49. The molecule has 0 saturated carbocycles. The molecule has 0 radical (unpaired) electrons. The van der Waals surface area contributed by atoms with Crippen LogP contribution in [0.3, 0.4) is 0 Å². The number of hydrogen-bond donors (Lipinski definition) is 1. The standard InChI is InChI=1S/C12H23N3O4S/c1-20(18,19)15-7-5-13(6-8-15)12(17)9-14-4-2-3-11(14)10-16/h11,16H,2-10H2,1H3. The zero-order valence-corrected chi connectivity index (χ0v) is 12.7. The third-order valence-electron chi connectivity index (χ3n) is 4.11. The number of carbonyl (C=O) groups is 1. The highest BCUT2D eigenvalue weighted by atomic mass is 32.2. The molecular formula is C12H23N3O4S. The van der Waals surface area contributed by atoms with E-state index in [1.165, 1.54) is 10.6 Å². The summed E-state index contributed by atoms with van der Waals surface area (Å²) in [5, 5.41) is 9.24. The quantitative estimate of drug-likeness (QED) is 0.687. The van der Waals surface area contributed by atoms with Gasteiger partial charge in [0.05, 0.1) is 19.4 Å². The Kier molecular flexibility index (Phi) is 5.00. The Hall–Kier alpha value is -0.700. The van der Waals surface area contributed by atoms with Crippen molar-refractivity contribution in [1.82, 2.24) is 14.1 Å². The maximum absolute atomic E-state index is 12.2. The molecule has 0 aliphatic carbocycles. The first-order chi connectivity index (χ1) is 9.41. The SMILES string of the molecule is CS(=O)(=O)N1CCN(C(=O)CN2CCCC2CO)CC1. The maximum Gasteiger partial charge on any atom is 0.236 e. The fourth-order valence-electron chi connectivity index (χ4n) is 2.85. The summed E-state index contributed by atoms with van der Waals surface area (Å²) < 4.78 is 24.2. The van der Waals surface area contributed by atoms with Crippen molar-refractivity contribution >= 4 is 15.9 Å². The van der Waals surface area contributed by atoms with Crippen LogP contribution in [0.2, 0.25) is 0 Å². The van der Waals surface area contributed by atoms with Gasteiger partial charge in [0.2, 0.25) is 15.9 Å². The first-order valence-corrected chi connectivity index (χ1v) is 8.84. The number of aliphatic hydroxyl groups is 1. The predicted octanol–water partition coefficient (Wildman–Crippen LogP) is -1.45. The maximum atomic E-state index is 12.2. The van der Waals surface area contributed by atoms with Gasteiger partial charge < -0.3 is 10.0 Å². The lowest BCUT2D eigenvalue weighted by atomic mass is 10.2. The smallest absolute Gasteiger partial charge is 0.236 e. The summed E-state index contributed by atoms with van der Waals surface area (Å²) in [6.07, 6.45) is 3.15. The number of amides is 1. The van der Waals surface area contributed by atoms with Crippen molar-refractivity contribution in [2.24, 2.45) is 0 Å². The average Bonchev–Trinajstić information content (AvgIpc) is 2.85. The van der Waals surface area contributed by atoms with Gasteiger partial charge in [0.1, 0.15) is 0 Å². The van der Waals surface area contributed by atoms with Gasteiger partial charge in [-0.3, -0.25) is 9.69 Å². The highest BCUT2D eigenvalue weighted by molar-refractivity contribution is 7.88. The third-order valence-corrected chi connectivity index (χ3v) is 5.41. The Morgan fingerprint density at radius 2 is 1.85 bits per heavy atom. The Balaban J connectivity index is 1.83. The lowest BCUT2D eigenvalue weighted by Crippen LogP contribution is -2.52. The van der Waals surface area contributed by atoms with Crippen LogP contribution in [-0.4, -0.2) is 91.7 Å². The number of aliphatic hydroxyl groups excluding tert-OH is 1. The molecule has 2 heterocycles. The van der Waals surface area contributed by atoms with Crippen molar-refractivity contribution in [2.45, 2.75) is 18.9 Å². The van der Waals surface area contributed by atoms with Gasteiger partial charge in [0, 0.05) is 32.2 Å². The molecule has 1 unspecified atom stereocenters. The second-order valence-corrected chi connectivity index (χ2v) is 7.47. The van der Waals surface area contributed by atoms with Gasteiger partial charge in [0.25, 0.3) is 0 Å². The summed E-state index contributed by atoms with van der Waals surface area (Å²) >= 11 is 0. The first kappa shape index (κ1) is 15.7. The van der Waals surface area contributed by atoms with Gasteiger partial charge in [-0.25, -0.2) is 8.42 Å². The molecule has 116 valence electrons. The van der Waals surface area contributed by atoms with Crippen LogP contribution < -0.4 is 0 Å². The highest BCUT2D eigenvalue weighted by Gasteiger charge is 2.30. The molecule has 2 aliphatic rings. The van der Waals surface area contributed by atoms with Crippen LogP contribution in [0.4, 0.5) is 0 Å². The Morgan fingerprint density at radius 1 is 1.20 bits per heavy atom. The van der Waals surface area contributed by atoms with E-state index in [0.717, 1.165) is 19.4 Å². The van der Waals surface area contributed by atoms with Crippen molar-refractivity contribution in [3.05, 3.63) is 0 Å². The van der Waals surface area contributed by atoms with Crippen LogP contribution in [0.15, 0.2) is 0 Å². The summed E-state index contributed by atoms with van der Waals surface area (Å²) in [5.41, 5.74) is 0. The Labute approximate surface area is 120 Å². The third kappa shape index (κ3) is 3.69. The summed E-state index contributed by atoms with van der Waals surface area (Å²) in [5.74, 6) is 0.0264. The number of likely N-dealkylation sites (tertiary alicyclic amines) is 1. The topological polar surface area (TPSA) is 81.2 Å². The van der Waals surface area contributed by atoms with Crippen LogP contribution in [0.5, 0.6) is 0 Å². The molecule has 0 aromatic heterocycles. The summed E-state index contributed by atoms with van der Waals surface area (Å²) in [4.78, 5) is 15.9. The van der Waals surface area contributed by atoms with Crippen molar-refractivity contribution < 1.29 is 18.3 Å². The molecule has 0 bridgehead atoms. The van der Waals surface area contributed by atoms with Crippen LogP contribution in [0, 0.1) is 0 Å². The number of carbonyl (C=O) groups excluding carboxylic acids is 1. The monoisotopic (exact) mass is 305 g/mol. The Morgan fingerprint density at radius 3 is 2.40 bits per heavy atom. The summed E-state index contributed by atoms with van der Waals surface area (Å²) in [7, 11) is -3.16. The van der Waals surface area contributed by atoms with E-state index in [4.69, 9.17) is 0 Å². The zero-order valence-electron chi connectivity index (χ0n) is 11.9. The largest absolute Gasteiger partial charge is 0.395 e. The van der Waals surface area contributed by atoms with Gasteiger partial charge >= 0.3 is 0 Å². The van der Waals surface area contributed by atoms with E-state index in [1.54, 1.807) is 4.90 Å². The fraction of sp³-hybridized carbons (Fsp3) is 0.917. The van der Waals surface area contributed by atoms with Crippen molar-refractivity contribution in [2.75, 3.05) is 52.1 Å².